The minimum atomic E-state index is -0.0155. The number of anilines is 1. The molecule has 1 N–H and O–H groups in total. The van der Waals surface area contributed by atoms with Crippen molar-refractivity contribution >= 4 is 11.7 Å². The summed E-state index contributed by atoms with van der Waals surface area (Å²) in [4.78, 5) is 18.9. The number of hydrogen-bond acceptors (Lipinski definition) is 2. The van der Waals surface area contributed by atoms with Crippen molar-refractivity contribution in [2.45, 2.75) is 39.2 Å². The van der Waals surface area contributed by atoms with Gasteiger partial charge in [0.2, 0.25) is 0 Å². The standard InChI is InChI=1S/C22H25N3O/c1-17(2)21-11-4-6-15-25(21)22(26)24-20-10-7-8-18(16-20)12-13-19-9-3-5-14-23-19/h3,5,7-10,14,16-17,21H,4,6,11,15H2,1-2H3,(H,24,26). The summed E-state index contributed by atoms with van der Waals surface area (Å²) in [6.07, 6.45) is 5.09. The highest BCUT2D eigenvalue weighted by atomic mass is 16.2. The lowest BCUT2D eigenvalue weighted by atomic mass is 9.93. The second-order valence-electron chi connectivity index (χ2n) is 6.98. The Kier molecular flexibility index (Phi) is 5.91. The van der Waals surface area contributed by atoms with Crippen molar-refractivity contribution in [3.8, 4) is 11.8 Å². The third-order valence-electron chi connectivity index (χ3n) is 4.69. The molecular weight excluding hydrogens is 322 g/mol. The lowest BCUT2D eigenvalue weighted by Crippen LogP contribution is -2.48. The number of aromatic nitrogens is 1. The van der Waals surface area contributed by atoms with Gasteiger partial charge < -0.3 is 10.2 Å². The number of amides is 2. The van der Waals surface area contributed by atoms with Crippen LogP contribution >= 0.6 is 0 Å². The van der Waals surface area contributed by atoms with Crippen LogP contribution in [0.3, 0.4) is 0 Å². The van der Waals surface area contributed by atoms with Gasteiger partial charge in [-0.25, -0.2) is 9.78 Å². The van der Waals surface area contributed by atoms with Crippen molar-refractivity contribution in [2.24, 2.45) is 5.92 Å². The number of nitrogens with zero attached hydrogens (tertiary/aromatic N) is 2. The molecule has 1 aromatic carbocycles. The molecule has 2 heterocycles. The molecule has 2 aromatic rings. The molecule has 1 atom stereocenters. The average Bonchev–Trinajstić information content (AvgIpc) is 2.67. The molecule has 4 nitrogen and oxygen atoms in total. The van der Waals surface area contributed by atoms with Crippen LogP contribution in [0.2, 0.25) is 0 Å². The number of carbonyl (C=O) groups excluding carboxylic acids is 1. The van der Waals surface area contributed by atoms with Gasteiger partial charge in [-0.2, -0.15) is 0 Å². The Hall–Kier alpha value is -2.80. The van der Waals surface area contributed by atoms with E-state index in [1.54, 1.807) is 6.20 Å². The fraction of sp³-hybridized carbons (Fsp3) is 0.364. The first-order valence-corrected chi connectivity index (χ1v) is 9.24. The van der Waals surface area contributed by atoms with Crippen molar-refractivity contribution < 1.29 is 4.79 Å². The van der Waals surface area contributed by atoms with Crippen LogP contribution in [0.5, 0.6) is 0 Å². The summed E-state index contributed by atoms with van der Waals surface area (Å²) in [5.41, 5.74) is 2.36. The second kappa shape index (κ2) is 8.53. The van der Waals surface area contributed by atoms with Crippen LogP contribution < -0.4 is 5.32 Å². The molecule has 0 radical (unpaired) electrons. The van der Waals surface area contributed by atoms with Gasteiger partial charge in [-0.05, 0) is 61.4 Å². The molecule has 3 rings (SSSR count). The molecule has 2 amide bonds. The highest BCUT2D eigenvalue weighted by Gasteiger charge is 2.28. The maximum Gasteiger partial charge on any atom is 0.322 e. The van der Waals surface area contributed by atoms with Gasteiger partial charge in [0.25, 0.3) is 0 Å². The van der Waals surface area contributed by atoms with Gasteiger partial charge in [-0.3, -0.25) is 0 Å². The molecule has 4 heteroatoms. The predicted octanol–water partition coefficient (Wildman–Crippen LogP) is 4.52. The summed E-state index contributed by atoms with van der Waals surface area (Å²) in [6, 6.07) is 13.6. The number of hydrogen-bond donors (Lipinski definition) is 1. The third kappa shape index (κ3) is 4.64. The normalized spacial score (nSPS) is 16.7. The maximum atomic E-state index is 12.7. The smallest absolute Gasteiger partial charge is 0.321 e. The molecule has 0 spiro atoms. The van der Waals surface area contributed by atoms with Crippen LogP contribution in [0.25, 0.3) is 0 Å². The van der Waals surface area contributed by atoms with Crippen LogP contribution in [0.1, 0.15) is 44.4 Å². The Labute approximate surface area is 155 Å². The third-order valence-corrected chi connectivity index (χ3v) is 4.69. The number of pyridine rings is 1. The molecule has 1 saturated heterocycles. The largest absolute Gasteiger partial charge is 0.322 e. The predicted molar refractivity (Wildman–Crippen MR) is 105 cm³/mol. The zero-order valence-electron chi connectivity index (χ0n) is 15.4. The molecule has 1 aliphatic rings. The van der Waals surface area contributed by atoms with Gasteiger partial charge in [0.05, 0.1) is 0 Å². The van der Waals surface area contributed by atoms with Crippen molar-refractivity contribution in [2.75, 3.05) is 11.9 Å². The Bertz CT molecular complexity index is 805. The van der Waals surface area contributed by atoms with E-state index in [0.717, 1.165) is 36.3 Å². The first kappa shape index (κ1) is 18.0. The van der Waals surface area contributed by atoms with Gasteiger partial charge in [0.15, 0.2) is 0 Å². The summed E-state index contributed by atoms with van der Waals surface area (Å²) in [5.74, 6) is 6.62. The van der Waals surface area contributed by atoms with Gasteiger partial charge in [-0.1, -0.05) is 31.9 Å². The molecule has 26 heavy (non-hydrogen) atoms. The van der Waals surface area contributed by atoms with Crippen molar-refractivity contribution in [1.82, 2.24) is 9.88 Å². The summed E-state index contributed by atoms with van der Waals surface area (Å²) in [7, 11) is 0. The number of piperidine rings is 1. The second-order valence-corrected chi connectivity index (χ2v) is 6.98. The Morgan fingerprint density at radius 3 is 2.85 bits per heavy atom. The monoisotopic (exact) mass is 347 g/mol. The van der Waals surface area contributed by atoms with Gasteiger partial charge >= 0.3 is 6.03 Å². The Balaban J connectivity index is 1.70. The molecule has 1 fully saturated rings. The molecular formula is C22H25N3O. The maximum absolute atomic E-state index is 12.7. The fourth-order valence-electron chi connectivity index (χ4n) is 3.35. The molecule has 0 bridgehead atoms. The van der Waals surface area contributed by atoms with Crippen molar-refractivity contribution in [1.29, 1.82) is 0 Å². The minimum absolute atomic E-state index is 0.0155. The SMILES string of the molecule is CC(C)C1CCCCN1C(=O)Nc1cccc(C#Cc2ccccn2)c1. The van der Waals surface area contributed by atoms with E-state index in [4.69, 9.17) is 0 Å². The van der Waals surface area contributed by atoms with Gasteiger partial charge in [0, 0.05) is 30.0 Å². The van der Waals surface area contributed by atoms with E-state index in [1.807, 2.05) is 47.4 Å². The number of urea groups is 1. The fourth-order valence-corrected chi connectivity index (χ4v) is 3.35. The summed E-state index contributed by atoms with van der Waals surface area (Å²) in [6.45, 7) is 5.20. The topological polar surface area (TPSA) is 45.2 Å². The lowest BCUT2D eigenvalue weighted by molar-refractivity contribution is 0.138. The van der Waals surface area contributed by atoms with Crippen LogP contribution in [0, 0.1) is 17.8 Å². The zero-order valence-corrected chi connectivity index (χ0v) is 15.4. The average molecular weight is 347 g/mol. The highest BCUT2D eigenvalue weighted by molar-refractivity contribution is 5.89. The van der Waals surface area contributed by atoms with Crippen LogP contribution in [-0.2, 0) is 0 Å². The minimum Gasteiger partial charge on any atom is -0.321 e. The van der Waals surface area contributed by atoms with E-state index < -0.39 is 0 Å². The van der Waals surface area contributed by atoms with Crippen molar-refractivity contribution in [3.05, 3.63) is 59.9 Å². The van der Waals surface area contributed by atoms with Crippen LogP contribution in [0.15, 0.2) is 48.7 Å². The van der Waals surface area contributed by atoms with Gasteiger partial charge in [-0.15, -0.1) is 0 Å². The number of carbonyl (C=O) groups is 1. The number of likely N-dealkylation sites (tertiary alicyclic amines) is 1. The summed E-state index contributed by atoms with van der Waals surface area (Å²) < 4.78 is 0. The molecule has 1 aliphatic heterocycles. The van der Waals surface area contributed by atoms with E-state index in [1.165, 1.54) is 6.42 Å². The molecule has 0 aliphatic carbocycles. The molecule has 1 aromatic heterocycles. The lowest BCUT2D eigenvalue weighted by Gasteiger charge is -2.38. The van der Waals surface area contributed by atoms with Crippen LogP contribution in [0.4, 0.5) is 10.5 Å². The van der Waals surface area contributed by atoms with Crippen molar-refractivity contribution in [3.63, 3.8) is 0 Å². The summed E-state index contributed by atoms with van der Waals surface area (Å²) >= 11 is 0. The zero-order chi connectivity index (χ0) is 18.4. The molecule has 134 valence electrons. The number of benzene rings is 1. The van der Waals surface area contributed by atoms with E-state index in [-0.39, 0.29) is 6.03 Å². The van der Waals surface area contributed by atoms with E-state index >= 15 is 0 Å². The Morgan fingerprint density at radius 2 is 2.08 bits per heavy atom. The quantitative estimate of drug-likeness (QED) is 0.812. The first-order valence-electron chi connectivity index (χ1n) is 9.24. The molecule has 1 unspecified atom stereocenters. The number of nitrogens with one attached hydrogen (secondary N) is 1. The summed E-state index contributed by atoms with van der Waals surface area (Å²) in [5, 5.41) is 3.04. The molecule has 0 saturated carbocycles. The van der Waals surface area contributed by atoms with E-state index in [0.29, 0.717) is 12.0 Å². The number of rotatable bonds is 2. The highest BCUT2D eigenvalue weighted by Crippen LogP contribution is 2.24. The van der Waals surface area contributed by atoms with Crippen LogP contribution in [-0.4, -0.2) is 28.5 Å². The van der Waals surface area contributed by atoms with E-state index in [9.17, 15) is 4.79 Å². The Morgan fingerprint density at radius 1 is 1.19 bits per heavy atom. The van der Waals surface area contributed by atoms with Gasteiger partial charge in [0.1, 0.15) is 5.69 Å². The van der Waals surface area contributed by atoms with E-state index in [2.05, 4.69) is 36.0 Å². The first-order chi connectivity index (χ1) is 12.6.